The Labute approximate surface area is 118 Å². The number of hydrogen-bond acceptors (Lipinski definition) is 5. The maximum atomic E-state index is 5.67. The van der Waals surface area contributed by atoms with E-state index in [2.05, 4.69) is 20.9 Å². The molecule has 2 aromatic rings. The van der Waals surface area contributed by atoms with Crippen molar-refractivity contribution >= 4 is 32.4 Å². The van der Waals surface area contributed by atoms with Crippen molar-refractivity contribution < 1.29 is 9.47 Å². The number of nitrogens with zero attached hydrogens (tertiary/aromatic N) is 1. The summed E-state index contributed by atoms with van der Waals surface area (Å²) in [4.78, 5) is 5.24. The molecule has 1 aromatic heterocycles. The van der Waals surface area contributed by atoms with Crippen molar-refractivity contribution in [3.05, 3.63) is 33.2 Å². The minimum atomic E-state index is 0.567. The molecule has 0 aliphatic heterocycles. The van der Waals surface area contributed by atoms with Crippen LogP contribution < -0.4 is 15.2 Å². The van der Waals surface area contributed by atoms with E-state index in [0.29, 0.717) is 5.13 Å². The smallest absolute Gasteiger partial charge is 0.181 e. The Bertz CT molecular complexity index is 557. The molecule has 0 aliphatic rings. The third-order valence-electron chi connectivity index (χ3n) is 2.48. The normalized spacial score (nSPS) is 10.4. The number of aromatic nitrogens is 1. The molecular weight excluding hydrogens is 316 g/mol. The molecule has 6 heteroatoms. The van der Waals surface area contributed by atoms with Crippen LogP contribution in [0.4, 0.5) is 5.13 Å². The van der Waals surface area contributed by atoms with E-state index in [-0.39, 0.29) is 0 Å². The first-order chi connectivity index (χ1) is 8.63. The van der Waals surface area contributed by atoms with Gasteiger partial charge in [0.25, 0.3) is 0 Å². The van der Waals surface area contributed by atoms with Crippen molar-refractivity contribution in [1.29, 1.82) is 0 Å². The number of thiazole rings is 1. The van der Waals surface area contributed by atoms with Crippen LogP contribution in [0.2, 0.25) is 0 Å². The molecule has 0 amide bonds. The molecule has 96 valence electrons. The lowest BCUT2D eigenvalue weighted by Gasteiger charge is -2.09. The van der Waals surface area contributed by atoms with Gasteiger partial charge in [0.2, 0.25) is 0 Å². The average molecular weight is 329 g/mol. The fourth-order valence-electron chi connectivity index (χ4n) is 1.64. The largest absolute Gasteiger partial charge is 0.493 e. The summed E-state index contributed by atoms with van der Waals surface area (Å²) in [5.41, 5.74) is 6.79. The Kier molecular flexibility index (Phi) is 4.08. The molecule has 18 heavy (non-hydrogen) atoms. The summed E-state index contributed by atoms with van der Waals surface area (Å²) in [6, 6.07) is 5.86. The lowest BCUT2D eigenvalue weighted by Crippen LogP contribution is -1.93. The van der Waals surface area contributed by atoms with Crippen LogP contribution in [-0.4, -0.2) is 19.2 Å². The summed E-state index contributed by atoms with van der Waals surface area (Å²) >= 11 is 4.88. The topological polar surface area (TPSA) is 57.4 Å². The molecule has 0 saturated carbocycles. The van der Waals surface area contributed by atoms with Crippen molar-refractivity contribution in [3.63, 3.8) is 0 Å². The molecule has 4 nitrogen and oxygen atoms in total. The number of nitrogens with two attached hydrogens (primary N) is 1. The van der Waals surface area contributed by atoms with Gasteiger partial charge in [-0.2, -0.15) is 0 Å². The highest BCUT2D eigenvalue weighted by Gasteiger charge is 2.10. The zero-order chi connectivity index (χ0) is 13.1. The molecule has 1 heterocycles. The van der Waals surface area contributed by atoms with Crippen LogP contribution in [-0.2, 0) is 6.42 Å². The van der Waals surface area contributed by atoms with Crippen LogP contribution in [0.3, 0.4) is 0 Å². The second-order valence-corrected chi connectivity index (χ2v) is 5.50. The van der Waals surface area contributed by atoms with E-state index >= 15 is 0 Å². The predicted molar refractivity (Wildman–Crippen MR) is 76.6 cm³/mol. The van der Waals surface area contributed by atoms with Crippen LogP contribution >= 0.6 is 27.3 Å². The zero-order valence-corrected chi connectivity index (χ0v) is 12.5. The number of anilines is 1. The number of halogens is 1. The number of hydrogen-bond donors (Lipinski definition) is 1. The van der Waals surface area contributed by atoms with Crippen molar-refractivity contribution in [2.45, 2.75) is 6.42 Å². The van der Waals surface area contributed by atoms with Crippen LogP contribution in [0.1, 0.15) is 10.4 Å². The molecule has 0 atom stereocenters. The van der Waals surface area contributed by atoms with Crippen molar-refractivity contribution in [3.8, 4) is 11.5 Å². The molecule has 1 aromatic carbocycles. The van der Waals surface area contributed by atoms with Gasteiger partial charge in [-0.15, -0.1) is 11.3 Å². The summed E-state index contributed by atoms with van der Waals surface area (Å²) in [5, 5.41) is 0.567. The maximum absolute atomic E-state index is 5.67. The van der Waals surface area contributed by atoms with Gasteiger partial charge in [0.15, 0.2) is 16.6 Å². The number of ether oxygens (including phenoxy) is 2. The quantitative estimate of drug-likeness (QED) is 0.936. The van der Waals surface area contributed by atoms with E-state index < -0.39 is 0 Å². The molecule has 2 rings (SSSR count). The Balaban J connectivity index is 2.27. The molecule has 0 unspecified atom stereocenters. The fraction of sp³-hybridized carbons (Fsp3) is 0.250. The lowest BCUT2D eigenvalue weighted by molar-refractivity contribution is 0.354. The first-order valence-electron chi connectivity index (χ1n) is 5.25. The van der Waals surface area contributed by atoms with Crippen LogP contribution in [0, 0.1) is 0 Å². The summed E-state index contributed by atoms with van der Waals surface area (Å²) in [5.74, 6) is 1.45. The first kappa shape index (κ1) is 13.2. The Morgan fingerprint density at radius 3 is 2.56 bits per heavy atom. The Morgan fingerprint density at radius 2 is 2.00 bits per heavy atom. The van der Waals surface area contributed by atoms with Gasteiger partial charge >= 0.3 is 0 Å². The minimum absolute atomic E-state index is 0.567. The van der Waals surface area contributed by atoms with Gasteiger partial charge in [-0.1, -0.05) is 6.07 Å². The van der Waals surface area contributed by atoms with E-state index in [1.807, 2.05) is 18.2 Å². The van der Waals surface area contributed by atoms with Crippen molar-refractivity contribution in [1.82, 2.24) is 4.98 Å². The lowest BCUT2D eigenvalue weighted by atomic mass is 10.1. The maximum Gasteiger partial charge on any atom is 0.181 e. The van der Waals surface area contributed by atoms with E-state index in [0.717, 1.165) is 33.0 Å². The summed E-state index contributed by atoms with van der Waals surface area (Å²) in [6.07, 6.45) is 0.760. The Morgan fingerprint density at radius 1 is 1.28 bits per heavy atom. The molecule has 0 spiro atoms. The van der Waals surface area contributed by atoms with Crippen LogP contribution in [0.25, 0.3) is 0 Å². The number of benzene rings is 1. The molecule has 0 bridgehead atoms. The highest BCUT2D eigenvalue weighted by molar-refractivity contribution is 9.10. The third-order valence-corrected chi connectivity index (χ3v) is 4.28. The van der Waals surface area contributed by atoms with Crippen LogP contribution in [0.15, 0.2) is 22.8 Å². The average Bonchev–Trinajstić information content (AvgIpc) is 2.67. The number of rotatable bonds is 4. The third kappa shape index (κ3) is 2.76. The monoisotopic (exact) mass is 328 g/mol. The summed E-state index contributed by atoms with van der Waals surface area (Å²) in [7, 11) is 3.25. The van der Waals surface area contributed by atoms with Gasteiger partial charge in [-0.3, -0.25) is 0 Å². The summed E-state index contributed by atoms with van der Waals surface area (Å²) < 4.78 is 11.3. The Hall–Kier alpha value is -1.27. The van der Waals surface area contributed by atoms with Crippen molar-refractivity contribution in [2.75, 3.05) is 20.0 Å². The fourth-order valence-corrected chi connectivity index (χ4v) is 3.08. The van der Waals surface area contributed by atoms with Crippen molar-refractivity contribution in [2.24, 2.45) is 0 Å². The second-order valence-electron chi connectivity index (χ2n) is 3.63. The molecule has 0 fully saturated rings. The number of methoxy groups -OCH3 is 2. The minimum Gasteiger partial charge on any atom is -0.493 e. The van der Waals surface area contributed by atoms with Gasteiger partial charge < -0.3 is 15.2 Å². The molecule has 0 aliphatic carbocycles. The molecular formula is C12H13BrN2O2S. The predicted octanol–water partition coefficient (Wildman–Crippen LogP) is 3.10. The van der Waals surface area contributed by atoms with Gasteiger partial charge in [0.1, 0.15) is 4.60 Å². The highest BCUT2D eigenvalue weighted by atomic mass is 79.9. The van der Waals surface area contributed by atoms with Gasteiger partial charge in [-0.05, 0) is 33.6 Å². The molecule has 2 N–H and O–H groups in total. The number of nitrogen functional groups attached to an aromatic ring is 1. The first-order valence-corrected chi connectivity index (χ1v) is 6.86. The van der Waals surface area contributed by atoms with E-state index in [9.17, 15) is 0 Å². The van der Waals surface area contributed by atoms with E-state index in [1.165, 1.54) is 11.3 Å². The SMILES string of the molecule is COc1ccc(Cc2sc(N)nc2Br)cc1OC. The van der Waals surface area contributed by atoms with E-state index in [4.69, 9.17) is 15.2 Å². The second kappa shape index (κ2) is 5.58. The molecule has 0 radical (unpaired) electrons. The van der Waals surface area contributed by atoms with Gasteiger partial charge in [0, 0.05) is 11.3 Å². The zero-order valence-electron chi connectivity index (χ0n) is 10.1. The van der Waals surface area contributed by atoms with Gasteiger partial charge in [0.05, 0.1) is 14.2 Å². The van der Waals surface area contributed by atoms with Gasteiger partial charge in [-0.25, -0.2) is 4.98 Å². The standard InChI is InChI=1S/C12H13BrN2O2S/c1-16-8-4-3-7(5-9(8)17-2)6-10-11(13)15-12(14)18-10/h3-5H,6H2,1-2H3,(H2,14,15). The molecule has 0 saturated heterocycles. The summed E-state index contributed by atoms with van der Waals surface area (Å²) in [6.45, 7) is 0. The highest BCUT2D eigenvalue weighted by Crippen LogP contribution is 2.31. The van der Waals surface area contributed by atoms with Crippen LogP contribution in [0.5, 0.6) is 11.5 Å². The van der Waals surface area contributed by atoms with E-state index in [1.54, 1.807) is 14.2 Å².